The average Bonchev–Trinajstić information content (AvgIpc) is 3.50. The fourth-order valence-electron chi connectivity index (χ4n) is 7.91. The van der Waals surface area contributed by atoms with Gasteiger partial charge < -0.3 is 30.1 Å². The molecule has 9 heterocycles. The maximum atomic E-state index is 13.0. The van der Waals surface area contributed by atoms with Crippen LogP contribution in [0.25, 0.3) is 93.3 Å². The molecule has 440 valence electrons. The van der Waals surface area contributed by atoms with Crippen LogP contribution in [0, 0.1) is 5.41 Å². The van der Waals surface area contributed by atoms with Gasteiger partial charge in [-0.05, 0) is 167 Å². The van der Waals surface area contributed by atoms with E-state index in [1.807, 2.05) is 88.9 Å². The Morgan fingerprint density at radius 1 is 0.616 bits per heavy atom. The number of carbonyl (C=O) groups is 3. The van der Waals surface area contributed by atoms with Crippen molar-refractivity contribution < 1.29 is 74.4 Å². The number of allylic oxidation sites excluding steroid dienone is 1. The first-order valence-corrected chi connectivity index (χ1v) is 28.9. The second-order valence-corrected chi connectivity index (χ2v) is 22.0. The first kappa shape index (κ1) is 64.9. The monoisotopic (exact) mass is 1330 g/mol. The van der Waals surface area contributed by atoms with E-state index < -0.39 is 29.5 Å². The second kappa shape index (κ2) is 31.0. The summed E-state index contributed by atoms with van der Waals surface area (Å²) in [6, 6.07) is 29.5. The summed E-state index contributed by atoms with van der Waals surface area (Å²) in [5.74, 6) is 1.18. The van der Waals surface area contributed by atoms with Gasteiger partial charge in [-0.3, -0.25) is 34.7 Å². The van der Waals surface area contributed by atoms with E-state index in [1.165, 1.54) is 57.4 Å². The second-order valence-electron chi connectivity index (χ2n) is 17.9. The zero-order valence-electron chi connectivity index (χ0n) is 44.8. The number of alkyl halides is 6. The predicted octanol–water partition coefficient (Wildman–Crippen LogP) is 16.9. The number of aryl methyl sites for hydroxylation is 1. The molecule has 0 aliphatic rings. The van der Waals surface area contributed by atoms with Crippen molar-refractivity contribution in [2.24, 2.45) is 0 Å². The summed E-state index contributed by atoms with van der Waals surface area (Å²) in [6.45, 7) is 3.33. The molecule has 14 nitrogen and oxygen atoms in total. The molecule has 25 heteroatoms. The Kier molecular flexibility index (Phi) is 23.4. The van der Waals surface area contributed by atoms with Gasteiger partial charge in [-0.25, -0.2) is 4.98 Å². The number of unbranched alkanes of at least 4 members (excludes halogenated alkanes) is 3. The van der Waals surface area contributed by atoms with E-state index in [2.05, 4.69) is 32.1 Å². The van der Waals surface area contributed by atoms with Crippen molar-refractivity contribution in [2.45, 2.75) is 51.4 Å². The fourth-order valence-corrected chi connectivity index (χ4v) is 10.9. The zero-order valence-corrected chi connectivity index (χ0v) is 49.8. The quantitative estimate of drug-likeness (QED) is 0.0114. The third kappa shape index (κ3) is 18.4. The third-order valence-electron chi connectivity index (χ3n) is 11.9. The molecule has 9 rings (SSSR count). The Labute approximate surface area is 517 Å². The zero-order chi connectivity index (χ0) is 60.3. The summed E-state index contributed by atoms with van der Waals surface area (Å²) in [6.07, 6.45) is 8.07. The van der Waals surface area contributed by atoms with E-state index in [9.17, 15) is 40.7 Å². The minimum atomic E-state index is -4.96. The molecule has 0 aliphatic heterocycles. The predicted molar refractivity (Wildman–Crippen MR) is 322 cm³/mol. The first-order valence-electron chi connectivity index (χ1n) is 25.5. The third-order valence-corrected chi connectivity index (χ3v) is 15.6. The van der Waals surface area contributed by atoms with Crippen molar-refractivity contribution in [1.29, 1.82) is 5.41 Å². The fraction of sp³-hybridized carbons (Fsp3) is 0.131. The van der Waals surface area contributed by atoms with Crippen molar-refractivity contribution in [3.8, 4) is 34.2 Å². The number of rotatable bonds is 24. The number of thiophene rings is 4. The minimum absolute atomic E-state index is 0. The van der Waals surface area contributed by atoms with Crippen molar-refractivity contribution >= 4 is 124 Å². The maximum Gasteiger partial charge on any atom is 2.00 e. The molecule has 0 spiro atoms. The van der Waals surface area contributed by atoms with Gasteiger partial charge in [0.05, 0.1) is 43.1 Å². The summed E-state index contributed by atoms with van der Waals surface area (Å²) in [5, 5.41) is 19.4. The van der Waals surface area contributed by atoms with Gasteiger partial charge in [0.1, 0.15) is 28.7 Å². The molecule has 0 fully saturated rings. The van der Waals surface area contributed by atoms with E-state index in [0.29, 0.717) is 82.7 Å². The van der Waals surface area contributed by atoms with Gasteiger partial charge in [-0.1, -0.05) is 56.2 Å². The number of hydrogen-bond donors (Lipinski definition) is 1. The number of halogens is 6. The maximum absolute atomic E-state index is 13.0. The molecule has 0 saturated carbocycles. The van der Waals surface area contributed by atoms with Gasteiger partial charge in [0.15, 0.2) is 0 Å². The molecule has 0 aromatic carbocycles. The summed E-state index contributed by atoms with van der Waals surface area (Å²) in [5.41, 5.74) is 8.34. The number of hydrogen-bond acceptors (Lipinski definition) is 16. The van der Waals surface area contributed by atoms with Crippen LogP contribution in [-0.4, -0.2) is 56.3 Å². The molecule has 86 heavy (non-hydrogen) atoms. The van der Waals surface area contributed by atoms with E-state index >= 15 is 0 Å². The summed E-state index contributed by atoms with van der Waals surface area (Å²) in [7, 11) is 0. The van der Waals surface area contributed by atoms with Gasteiger partial charge in [0.25, 0.3) is 19.4 Å². The molecular weight excluding hydrogens is 1280 g/mol. The van der Waals surface area contributed by atoms with Crippen molar-refractivity contribution in [3.63, 3.8) is 0 Å². The Hall–Kier alpha value is -8.61. The standard InChI is InChI=1S/C36H23N3O6S3.C25H23F6N5S.Ru/c40-21-43-31(34-4-1-11-46-34)18-24-7-9-37-27(14-24)29-16-26(20-33(45-23-42)36-6-3-13-48-36)17-30(39-29)28-15-25(8-10-38-28)19-32(44-22-41)35-5-2-12-47-35;1-2-3-4-5-6-16-9-10-17(37-16)8-7-15-11-19(18(32)13-22(33)24(26,27)28)34-20(12-15)21-14-23(36-35-21)25(29,30)31;/h1-23H;7-14,32-33H,2-6H2,1H3;/q;-2;+2/b31-18+,32-19+,33-20+;8-7+,18-13-,33-22?;. The minimum Gasteiger partial charge on any atom is -0.697 e. The number of aromatic nitrogens is 6. The average molecular weight is 1330 g/mol. The first-order chi connectivity index (χ1) is 41.0. The van der Waals surface area contributed by atoms with Gasteiger partial charge in [0, 0.05) is 27.8 Å². The molecule has 0 unspecified atom stereocenters. The molecular formula is C61H46F6N8O6RuS4. The van der Waals surface area contributed by atoms with Crippen LogP contribution < -0.4 is 5.10 Å². The Morgan fingerprint density at radius 2 is 1.14 bits per heavy atom. The molecule has 0 saturated heterocycles. The number of ether oxygens (including phenoxy) is 3. The normalized spacial score (nSPS) is 12.3. The molecule has 0 amide bonds. The van der Waals surface area contributed by atoms with Crippen LogP contribution in [0.5, 0.6) is 0 Å². The van der Waals surface area contributed by atoms with Gasteiger partial charge in [-0.2, -0.15) is 26.3 Å². The summed E-state index contributed by atoms with van der Waals surface area (Å²) in [4.78, 5) is 56.5. The van der Waals surface area contributed by atoms with Crippen LogP contribution in [0.3, 0.4) is 0 Å². The Balaban J connectivity index is 0.000000252. The molecule has 9 aromatic rings. The largest absolute Gasteiger partial charge is 2.00 e. The molecule has 0 radical (unpaired) electrons. The topological polar surface area (TPSA) is 205 Å². The summed E-state index contributed by atoms with van der Waals surface area (Å²) >= 11 is 5.92. The number of pyridine rings is 4. The number of carbonyl (C=O) groups excluding carboxylic acids is 3. The van der Waals surface area contributed by atoms with Crippen molar-refractivity contribution in [1.82, 2.24) is 30.1 Å². The van der Waals surface area contributed by atoms with Crippen LogP contribution >= 0.6 is 45.3 Å². The van der Waals surface area contributed by atoms with Gasteiger partial charge in [0.2, 0.25) is 0 Å². The summed E-state index contributed by atoms with van der Waals surface area (Å²) < 4.78 is 93.2. The van der Waals surface area contributed by atoms with Crippen molar-refractivity contribution in [2.75, 3.05) is 0 Å². The van der Waals surface area contributed by atoms with Crippen LogP contribution in [0.15, 0.2) is 138 Å². The van der Waals surface area contributed by atoms with E-state index in [-0.39, 0.29) is 36.6 Å². The number of nitrogens with one attached hydrogen (secondary N) is 2. The van der Waals surface area contributed by atoms with Crippen LogP contribution in [0.2, 0.25) is 0 Å². The van der Waals surface area contributed by atoms with Crippen LogP contribution in [0.4, 0.5) is 26.3 Å². The molecule has 0 atom stereocenters. The number of nitrogens with zero attached hydrogens (tertiary/aromatic N) is 6. The van der Waals surface area contributed by atoms with Crippen LogP contribution in [-0.2, 0) is 60.7 Å². The van der Waals surface area contributed by atoms with E-state index in [4.69, 9.17) is 30.3 Å². The molecule has 0 aliphatic carbocycles. The Morgan fingerprint density at radius 3 is 1.62 bits per heavy atom. The van der Waals surface area contributed by atoms with E-state index in [0.717, 1.165) is 56.3 Å². The Bertz CT molecular complexity index is 3790. The van der Waals surface area contributed by atoms with Crippen LogP contribution in [0.1, 0.15) is 90.6 Å². The van der Waals surface area contributed by atoms with Gasteiger partial charge >= 0.3 is 31.8 Å². The SMILES string of the molecule is CCCCCCc1ccc(/C=C/c2cc(/C([NH-])=C/C(=N)C(F)(F)F)nc(-c3cc(C(F)(F)F)n[n-]3)c2)s1.O=CO/C(=C/c1ccnc(-c2cc(/C=C(/OC=O)c3cccs3)cc(-c3cc(/C=C(/OC=O)c4cccs4)ccn3)n2)c1)c1cccs1.[Ru+2]. The van der Waals surface area contributed by atoms with E-state index in [1.54, 1.807) is 66.2 Å². The molecule has 0 bridgehead atoms. The van der Waals surface area contributed by atoms with Crippen molar-refractivity contribution in [3.05, 3.63) is 201 Å². The molecule has 2 N–H and O–H groups in total. The smallest absolute Gasteiger partial charge is 0.697 e. The van der Waals surface area contributed by atoms with Gasteiger partial charge in [-0.15, -0.1) is 51.0 Å². The molecule has 9 aromatic heterocycles.